The number of rotatable bonds is 2. The Labute approximate surface area is 140 Å². The summed E-state index contributed by atoms with van der Waals surface area (Å²) < 4.78 is 20.4. The number of alkyl halides is 1. The van der Waals surface area contributed by atoms with Crippen molar-refractivity contribution in [2.24, 2.45) is 0 Å². The van der Waals surface area contributed by atoms with Crippen molar-refractivity contribution < 1.29 is 9.13 Å². The molecule has 0 saturated carbocycles. The number of halogens is 3. The zero-order valence-corrected chi connectivity index (χ0v) is 15.0. The van der Waals surface area contributed by atoms with Crippen LogP contribution in [-0.2, 0) is 5.41 Å². The van der Waals surface area contributed by atoms with Gasteiger partial charge in [0.1, 0.15) is 11.6 Å². The minimum Gasteiger partial charge on any atom is -0.492 e. The van der Waals surface area contributed by atoms with Crippen LogP contribution in [0.15, 0.2) is 40.9 Å². The predicted molar refractivity (Wildman–Crippen MR) is 89.8 cm³/mol. The molecule has 1 aliphatic rings. The summed E-state index contributed by atoms with van der Waals surface area (Å²) in [5.74, 6) is 0.702. The van der Waals surface area contributed by atoms with Crippen LogP contribution in [0.1, 0.15) is 35.4 Å². The number of ether oxygens (including phenoxy) is 1. The third kappa shape index (κ3) is 2.64. The van der Waals surface area contributed by atoms with Crippen LogP contribution in [-0.4, -0.2) is 6.61 Å². The molecule has 1 nitrogen and oxygen atoms in total. The Hall–Kier alpha value is -0.870. The standard InChI is InChI=1S/C17H15Br2FO/c1-17(2)9-21-14-7-6-10(8-12(14)17)15(19)11-4-3-5-13(18)16(11)20/h3-8,15H,9H2,1-2H3. The second kappa shape index (κ2) is 5.40. The van der Waals surface area contributed by atoms with Crippen molar-refractivity contribution in [3.8, 4) is 5.75 Å². The highest BCUT2D eigenvalue weighted by atomic mass is 79.9. The average molecular weight is 414 g/mol. The van der Waals surface area contributed by atoms with Crippen LogP contribution in [0.3, 0.4) is 0 Å². The van der Waals surface area contributed by atoms with Crippen molar-refractivity contribution in [2.45, 2.75) is 24.1 Å². The fourth-order valence-corrected chi connectivity index (χ4v) is 3.61. The van der Waals surface area contributed by atoms with E-state index in [-0.39, 0.29) is 16.1 Å². The van der Waals surface area contributed by atoms with Crippen molar-refractivity contribution in [2.75, 3.05) is 6.61 Å². The third-order valence-corrected chi connectivity index (χ3v) is 5.50. The predicted octanol–water partition coefficient (Wildman–Crippen LogP) is 5.74. The van der Waals surface area contributed by atoms with E-state index in [1.807, 2.05) is 18.2 Å². The molecular formula is C17H15Br2FO. The first kappa shape index (κ1) is 15.0. The zero-order chi connectivity index (χ0) is 15.2. The average Bonchev–Trinajstić information content (AvgIpc) is 2.76. The number of hydrogen-bond donors (Lipinski definition) is 0. The van der Waals surface area contributed by atoms with Gasteiger partial charge in [0.2, 0.25) is 0 Å². The highest BCUT2D eigenvalue weighted by Gasteiger charge is 2.32. The fraction of sp³-hybridized carbons (Fsp3) is 0.294. The summed E-state index contributed by atoms with van der Waals surface area (Å²) in [6.07, 6.45) is 0. The highest BCUT2D eigenvalue weighted by Crippen LogP contribution is 2.42. The molecule has 0 fully saturated rings. The molecule has 0 bridgehead atoms. The van der Waals surface area contributed by atoms with E-state index in [1.165, 1.54) is 5.56 Å². The van der Waals surface area contributed by atoms with Gasteiger partial charge in [-0.3, -0.25) is 0 Å². The molecule has 21 heavy (non-hydrogen) atoms. The lowest BCUT2D eigenvalue weighted by Gasteiger charge is -2.18. The molecule has 1 unspecified atom stereocenters. The lowest BCUT2D eigenvalue weighted by Crippen LogP contribution is -2.18. The van der Waals surface area contributed by atoms with E-state index in [9.17, 15) is 4.39 Å². The summed E-state index contributed by atoms with van der Waals surface area (Å²) in [6.45, 7) is 5.00. The van der Waals surface area contributed by atoms with Gasteiger partial charge in [0.15, 0.2) is 0 Å². The Morgan fingerprint density at radius 3 is 2.76 bits per heavy atom. The Bertz CT molecular complexity index is 697. The van der Waals surface area contributed by atoms with Crippen LogP contribution in [0.2, 0.25) is 0 Å². The van der Waals surface area contributed by atoms with Crippen molar-refractivity contribution in [3.63, 3.8) is 0 Å². The first-order valence-corrected chi connectivity index (χ1v) is 8.46. The molecule has 1 heterocycles. The van der Waals surface area contributed by atoms with E-state index in [2.05, 4.69) is 51.8 Å². The van der Waals surface area contributed by atoms with Crippen molar-refractivity contribution in [1.29, 1.82) is 0 Å². The van der Waals surface area contributed by atoms with Crippen LogP contribution >= 0.6 is 31.9 Å². The molecule has 2 aromatic rings. The van der Waals surface area contributed by atoms with Gasteiger partial charge in [0, 0.05) is 16.5 Å². The monoisotopic (exact) mass is 412 g/mol. The van der Waals surface area contributed by atoms with Gasteiger partial charge in [-0.05, 0) is 39.7 Å². The smallest absolute Gasteiger partial charge is 0.142 e. The van der Waals surface area contributed by atoms with Crippen molar-refractivity contribution in [3.05, 3.63) is 63.4 Å². The van der Waals surface area contributed by atoms with Gasteiger partial charge in [-0.25, -0.2) is 4.39 Å². The van der Waals surface area contributed by atoms with Gasteiger partial charge >= 0.3 is 0 Å². The molecule has 1 aliphatic heterocycles. The van der Waals surface area contributed by atoms with Crippen molar-refractivity contribution >= 4 is 31.9 Å². The first-order valence-electron chi connectivity index (χ1n) is 6.75. The van der Waals surface area contributed by atoms with E-state index in [0.29, 0.717) is 16.6 Å². The summed E-state index contributed by atoms with van der Waals surface area (Å²) in [5.41, 5.74) is 2.83. The minimum atomic E-state index is -0.226. The maximum absolute atomic E-state index is 14.3. The molecule has 0 N–H and O–H groups in total. The third-order valence-electron chi connectivity index (χ3n) is 3.87. The van der Waals surface area contributed by atoms with Crippen LogP contribution in [0.25, 0.3) is 0 Å². The van der Waals surface area contributed by atoms with Crippen molar-refractivity contribution in [1.82, 2.24) is 0 Å². The van der Waals surface area contributed by atoms with Gasteiger partial charge in [0.25, 0.3) is 0 Å². The molecule has 110 valence electrons. The molecule has 0 aromatic heterocycles. The van der Waals surface area contributed by atoms with Gasteiger partial charge in [-0.1, -0.05) is 48.0 Å². The van der Waals surface area contributed by atoms with E-state index in [4.69, 9.17) is 4.74 Å². The molecule has 1 atom stereocenters. The maximum atomic E-state index is 14.3. The van der Waals surface area contributed by atoms with Gasteiger partial charge < -0.3 is 4.74 Å². The van der Waals surface area contributed by atoms with Gasteiger partial charge in [-0.15, -0.1) is 0 Å². The summed E-state index contributed by atoms with van der Waals surface area (Å²) in [6, 6.07) is 11.4. The maximum Gasteiger partial charge on any atom is 0.142 e. The lowest BCUT2D eigenvalue weighted by atomic mass is 9.85. The van der Waals surface area contributed by atoms with E-state index >= 15 is 0 Å². The molecule has 3 rings (SSSR count). The number of fused-ring (bicyclic) bond motifs is 1. The normalized spacial score (nSPS) is 17.2. The number of hydrogen-bond acceptors (Lipinski definition) is 1. The highest BCUT2D eigenvalue weighted by molar-refractivity contribution is 9.10. The molecule has 0 aliphatic carbocycles. The van der Waals surface area contributed by atoms with E-state index in [0.717, 1.165) is 11.3 Å². The van der Waals surface area contributed by atoms with Crippen LogP contribution in [0.5, 0.6) is 5.75 Å². The molecule has 0 spiro atoms. The van der Waals surface area contributed by atoms with Crippen LogP contribution in [0.4, 0.5) is 4.39 Å². The molecule has 4 heteroatoms. The second-order valence-electron chi connectivity index (χ2n) is 5.93. The van der Waals surface area contributed by atoms with E-state index < -0.39 is 0 Å². The summed E-state index contributed by atoms with van der Waals surface area (Å²) in [7, 11) is 0. The molecule has 0 saturated heterocycles. The Morgan fingerprint density at radius 1 is 1.24 bits per heavy atom. The van der Waals surface area contributed by atoms with E-state index in [1.54, 1.807) is 12.1 Å². The molecule has 0 radical (unpaired) electrons. The fourth-order valence-electron chi connectivity index (χ4n) is 2.59. The summed E-state index contributed by atoms with van der Waals surface area (Å²) >= 11 is 6.86. The van der Waals surface area contributed by atoms with Gasteiger partial charge in [-0.2, -0.15) is 0 Å². The Balaban J connectivity index is 2.03. The quantitative estimate of drug-likeness (QED) is 0.570. The first-order chi connectivity index (χ1) is 9.90. The molecular weight excluding hydrogens is 399 g/mol. The Kier molecular flexibility index (Phi) is 3.87. The minimum absolute atomic E-state index is 0.00607. The van der Waals surface area contributed by atoms with Crippen LogP contribution < -0.4 is 4.74 Å². The topological polar surface area (TPSA) is 9.23 Å². The molecule has 0 amide bonds. The zero-order valence-electron chi connectivity index (χ0n) is 11.8. The summed E-state index contributed by atoms with van der Waals surface area (Å²) in [5, 5.41) is 0. The second-order valence-corrected chi connectivity index (χ2v) is 7.70. The number of benzene rings is 2. The SMILES string of the molecule is CC1(C)COc2ccc(C(Br)c3cccc(Br)c3F)cc21. The Morgan fingerprint density at radius 2 is 2.00 bits per heavy atom. The molecule has 2 aromatic carbocycles. The summed E-state index contributed by atoms with van der Waals surface area (Å²) in [4.78, 5) is -0.184. The van der Waals surface area contributed by atoms with Gasteiger partial charge in [0.05, 0.1) is 15.9 Å². The largest absolute Gasteiger partial charge is 0.492 e. The lowest BCUT2D eigenvalue weighted by molar-refractivity contribution is 0.291. The van der Waals surface area contributed by atoms with Crippen LogP contribution in [0, 0.1) is 5.82 Å².